The molecular formula is C16H18N2O2. The van der Waals surface area contributed by atoms with Gasteiger partial charge in [-0.15, -0.1) is 0 Å². The van der Waals surface area contributed by atoms with Crippen LogP contribution in [0.25, 0.3) is 0 Å². The van der Waals surface area contributed by atoms with Crippen molar-refractivity contribution in [1.29, 1.82) is 5.26 Å². The number of aliphatic hydroxyl groups excluding tert-OH is 1. The number of hydrogen-bond donors (Lipinski definition) is 1. The molecule has 1 unspecified atom stereocenters. The zero-order chi connectivity index (χ0) is 14.2. The monoisotopic (exact) mass is 270 g/mol. The third-order valence-electron chi connectivity index (χ3n) is 4.93. The summed E-state index contributed by atoms with van der Waals surface area (Å²) in [4.78, 5) is 14.2. The SMILES string of the molecule is N#Cc1ccc(C(=O)N2CCC3(CCC3O)CC2)cc1. The predicted molar refractivity (Wildman–Crippen MR) is 74.0 cm³/mol. The minimum atomic E-state index is -0.172. The first-order valence-corrected chi connectivity index (χ1v) is 7.12. The Morgan fingerprint density at radius 1 is 1.25 bits per heavy atom. The molecule has 1 N–H and O–H groups in total. The second-order valence-electron chi connectivity index (χ2n) is 5.90. The lowest BCUT2D eigenvalue weighted by atomic mass is 9.61. The summed E-state index contributed by atoms with van der Waals surface area (Å²) in [6.45, 7) is 1.44. The molecule has 1 aromatic carbocycles. The highest BCUT2D eigenvalue weighted by Crippen LogP contribution is 2.49. The number of piperidine rings is 1. The van der Waals surface area contributed by atoms with Crippen LogP contribution >= 0.6 is 0 Å². The molecule has 1 saturated carbocycles. The fourth-order valence-corrected chi connectivity index (χ4v) is 3.29. The molecule has 1 aromatic rings. The highest BCUT2D eigenvalue weighted by atomic mass is 16.3. The molecule has 1 atom stereocenters. The van der Waals surface area contributed by atoms with Crippen molar-refractivity contribution < 1.29 is 9.90 Å². The molecule has 4 nitrogen and oxygen atoms in total. The minimum absolute atomic E-state index is 0.0261. The number of amides is 1. The fourth-order valence-electron chi connectivity index (χ4n) is 3.29. The van der Waals surface area contributed by atoms with Gasteiger partial charge in [-0.1, -0.05) is 0 Å². The van der Waals surface area contributed by atoms with Gasteiger partial charge in [0.15, 0.2) is 0 Å². The van der Waals surface area contributed by atoms with Gasteiger partial charge >= 0.3 is 0 Å². The molecule has 1 amide bonds. The number of rotatable bonds is 1. The van der Waals surface area contributed by atoms with Crippen LogP contribution in [-0.2, 0) is 0 Å². The highest BCUT2D eigenvalue weighted by molar-refractivity contribution is 5.94. The van der Waals surface area contributed by atoms with Crippen molar-refractivity contribution in [2.45, 2.75) is 31.8 Å². The van der Waals surface area contributed by atoms with Gasteiger partial charge in [0.1, 0.15) is 0 Å². The molecule has 2 fully saturated rings. The quantitative estimate of drug-likeness (QED) is 0.848. The first kappa shape index (κ1) is 13.1. The first-order valence-electron chi connectivity index (χ1n) is 7.12. The summed E-state index contributed by atoms with van der Waals surface area (Å²) >= 11 is 0. The first-order chi connectivity index (χ1) is 9.64. The van der Waals surface area contributed by atoms with E-state index in [-0.39, 0.29) is 17.4 Å². The fraction of sp³-hybridized carbons (Fsp3) is 0.500. The van der Waals surface area contributed by atoms with Crippen molar-refractivity contribution in [1.82, 2.24) is 4.90 Å². The smallest absolute Gasteiger partial charge is 0.253 e. The van der Waals surface area contributed by atoms with Gasteiger partial charge in [0.25, 0.3) is 5.91 Å². The van der Waals surface area contributed by atoms with Crippen molar-refractivity contribution >= 4 is 5.91 Å². The summed E-state index contributed by atoms with van der Waals surface area (Å²) in [6, 6.07) is 8.82. The van der Waals surface area contributed by atoms with Gasteiger partial charge in [-0.05, 0) is 55.4 Å². The molecule has 1 aliphatic heterocycles. The van der Waals surface area contributed by atoms with Crippen molar-refractivity contribution in [2.75, 3.05) is 13.1 Å². The zero-order valence-corrected chi connectivity index (χ0v) is 11.4. The van der Waals surface area contributed by atoms with Gasteiger partial charge < -0.3 is 10.0 Å². The molecule has 1 spiro atoms. The Morgan fingerprint density at radius 3 is 2.35 bits per heavy atom. The van der Waals surface area contributed by atoms with Crippen molar-refractivity contribution in [3.05, 3.63) is 35.4 Å². The maximum Gasteiger partial charge on any atom is 0.253 e. The molecule has 0 bridgehead atoms. The van der Waals surface area contributed by atoms with Crippen LogP contribution in [0, 0.1) is 16.7 Å². The summed E-state index contributed by atoms with van der Waals surface area (Å²) in [6.07, 6.45) is 3.62. The number of benzene rings is 1. The van der Waals surface area contributed by atoms with E-state index in [2.05, 4.69) is 6.07 Å². The third-order valence-corrected chi connectivity index (χ3v) is 4.93. The predicted octanol–water partition coefficient (Wildman–Crippen LogP) is 1.94. The normalized spacial score (nSPS) is 24.0. The molecule has 1 saturated heterocycles. The van der Waals surface area contributed by atoms with Crippen molar-refractivity contribution in [3.63, 3.8) is 0 Å². The topological polar surface area (TPSA) is 64.3 Å². The molecule has 0 aromatic heterocycles. The van der Waals surface area contributed by atoms with Crippen LogP contribution in [0.15, 0.2) is 24.3 Å². The van der Waals surface area contributed by atoms with E-state index in [0.717, 1.165) is 38.8 Å². The van der Waals surface area contributed by atoms with Gasteiger partial charge in [0.05, 0.1) is 17.7 Å². The zero-order valence-electron chi connectivity index (χ0n) is 11.4. The van der Waals surface area contributed by atoms with Gasteiger partial charge in [0.2, 0.25) is 0 Å². The molecular weight excluding hydrogens is 252 g/mol. The largest absolute Gasteiger partial charge is 0.393 e. The van der Waals surface area contributed by atoms with Crippen LogP contribution in [-0.4, -0.2) is 35.1 Å². The van der Waals surface area contributed by atoms with Gasteiger partial charge in [-0.3, -0.25) is 4.79 Å². The Morgan fingerprint density at radius 2 is 1.90 bits per heavy atom. The minimum Gasteiger partial charge on any atom is -0.393 e. The molecule has 20 heavy (non-hydrogen) atoms. The number of nitrogens with zero attached hydrogens (tertiary/aromatic N) is 2. The van der Waals surface area contributed by atoms with Crippen LogP contribution in [0.3, 0.4) is 0 Å². The van der Waals surface area contributed by atoms with Crippen LogP contribution < -0.4 is 0 Å². The Labute approximate surface area is 118 Å². The molecule has 104 valence electrons. The molecule has 3 rings (SSSR count). The second kappa shape index (κ2) is 4.92. The Bertz CT molecular complexity index is 551. The van der Waals surface area contributed by atoms with E-state index in [1.165, 1.54) is 0 Å². The van der Waals surface area contributed by atoms with Crippen molar-refractivity contribution in [2.24, 2.45) is 5.41 Å². The number of nitriles is 1. The van der Waals surface area contributed by atoms with E-state index < -0.39 is 0 Å². The van der Waals surface area contributed by atoms with E-state index in [1.54, 1.807) is 24.3 Å². The molecule has 2 aliphatic rings. The molecule has 0 radical (unpaired) electrons. The standard InChI is InChI=1S/C16H18N2O2/c17-11-12-1-3-13(4-2-12)15(20)18-9-7-16(8-10-18)6-5-14(16)19/h1-4,14,19H,5-10H2. The van der Waals surface area contributed by atoms with E-state index >= 15 is 0 Å². The number of carbonyl (C=O) groups is 1. The maximum atomic E-state index is 12.4. The molecule has 4 heteroatoms. The summed E-state index contributed by atoms with van der Waals surface area (Å²) in [7, 11) is 0. The van der Waals surface area contributed by atoms with Crippen molar-refractivity contribution in [3.8, 4) is 6.07 Å². The van der Waals surface area contributed by atoms with Crippen LogP contribution in [0.2, 0.25) is 0 Å². The third kappa shape index (κ3) is 2.08. The average Bonchev–Trinajstić information content (AvgIpc) is 2.53. The number of carbonyl (C=O) groups excluding carboxylic acids is 1. The lowest BCUT2D eigenvalue weighted by Gasteiger charge is -2.51. The lowest BCUT2D eigenvalue weighted by Crippen LogP contribution is -2.53. The summed E-state index contributed by atoms with van der Waals surface area (Å²) in [5.41, 5.74) is 1.28. The number of likely N-dealkylation sites (tertiary alicyclic amines) is 1. The summed E-state index contributed by atoms with van der Waals surface area (Å²) < 4.78 is 0. The lowest BCUT2D eigenvalue weighted by molar-refractivity contribution is -0.0952. The van der Waals surface area contributed by atoms with E-state index in [1.807, 2.05) is 4.90 Å². The number of aliphatic hydroxyl groups is 1. The Hall–Kier alpha value is -1.86. The van der Waals surface area contributed by atoms with E-state index in [4.69, 9.17) is 5.26 Å². The van der Waals surface area contributed by atoms with Gasteiger partial charge in [0, 0.05) is 18.7 Å². The average molecular weight is 270 g/mol. The van der Waals surface area contributed by atoms with Crippen LogP contribution in [0.1, 0.15) is 41.6 Å². The highest BCUT2D eigenvalue weighted by Gasteiger charge is 2.47. The number of hydrogen-bond acceptors (Lipinski definition) is 3. The van der Waals surface area contributed by atoms with Gasteiger partial charge in [-0.2, -0.15) is 5.26 Å². The summed E-state index contributed by atoms with van der Waals surface area (Å²) in [5, 5.41) is 18.7. The molecule has 1 heterocycles. The van der Waals surface area contributed by atoms with Crippen LogP contribution in [0.5, 0.6) is 0 Å². The van der Waals surface area contributed by atoms with E-state index in [0.29, 0.717) is 11.1 Å². The maximum absolute atomic E-state index is 12.4. The molecule has 1 aliphatic carbocycles. The van der Waals surface area contributed by atoms with Gasteiger partial charge in [-0.25, -0.2) is 0 Å². The second-order valence-corrected chi connectivity index (χ2v) is 5.90. The summed E-state index contributed by atoms with van der Waals surface area (Å²) in [5.74, 6) is 0.0261. The van der Waals surface area contributed by atoms with E-state index in [9.17, 15) is 9.90 Å². The Kier molecular flexibility index (Phi) is 3.23. The Balaban J connectivity index is 1.65. The van der Waals surface area contributed by atoms with Crippen LogP contribution in [0.4, 0.5) is 0 Å².